The maximum atomic E-state index is 12.0. The first-order valence-electron chi connectivity index (χ1n) is 7.52. The van der Waals surface area contributed by atoms with E-state index in [0.29, 0.717) is 34.6 Å². The molecule has 0 spiro atoms. The van der Waals surface area contributed by atoms with Crippen molar-refractivity contribution in [2.75, 3.05) is 12.3 Å². The van der Waals surface area contributed by atoms with Crippen LogP contribution in [0.3, 0.4) is 0 Å². The zero-order valence-corrected chi connectivity index (χ0v) is 16.2. The molecular formula is C15H23ClN4O2S2. The van der Waals surface area contributed by atoms with E-state index in [1.807, 2.05) is 5.38 Å². The standard InChI is InChI=1S/C15H22N4O2S2.ClH/c1-10(2)5-11(7-16)17-13(20)9-22-8-12-6-14(21)19-3-4-23-15(19)18-12;/h3-4,6,10-11H,5,7-9,16H2,1-2H3,(H,17,20);1H. The molecule has 2 rings (SSSR count). The molecule has 2 heterocycles. The van der Waals surface area contributed by atoms with Crippen LogP contribution in [0.2, 0.25) is 0 Å². The van der Waals surface area contributed by atoms with Crippen molar-refractivity contribution in [3.63, 3.8) is 0 Å². The maximum Gasteiger partial charge on any atom is 0.258 e. The average molecular weight is 391 g/mol. The van der Waals surface area contributed by atoms with Gasteiger partial charge in [0, 0.05) is 36.0 Å². The number of nitrogens with two attached hydrogens (primary N) is 1. The van der Waals surface area contributed by atoms with Crippen LogP contribution in [-0.2, 0) is 10.5 Å². The van der Waals surface area contributed by atoms with Gasteiger partial charge >= 0.3 is 0 Å². The predicted octanol–water partition coefficient (Wildman–Crippen LogP) is 1.90. The van der Waals surface area contributed by atoms with Crippen molar-refractivity contribution >= 4 is 46.4 Å². The van der Waals surface area contributed by atoms with E-state index < -0.39 is 0 Å². The van der Waals surface area contributed by atoms with Gasteiger partial charge in [-0.05, 0) is 12.3 Å². The lowest BCUT2D eigenvalue weighted by atomic mass is 10.0. The third kappa shape index (κ3) is 6.08. The number of carbonyl (C=O) groups excluding carboxylic acids is 1. The molecule has 3 N–H and O–H groups in total. The summed E-state index contributed by atoms with van der Waals surface area (Å²) in [6.07, 6.45) is 2.58. The summed E-state index contributed by atoms with van der Waals surface area (Å²) in [6, 6.07) is 1.54. The molecule has 0 bridgehead atoms. The summed E-state index contributed by atoms with van der Waals surface area (Å²) in [5, 5.41) is 4.78. The Morgan fingerprint density at radius 2 is 2.25 bits per heavy atom. The molecule has 2 aromatic rings. The summed E-state index contributed by atoms with van der Waals surface area (Å²) in [6.45, 7) is 4.66. The van der Waals surface area contributed by atoms with E-state index in [0.717, 1.165) is 6.42 Å². The molecule has 134 valence electrons. The number of thioether (sulfide) groups is 1. The van der Waals surface area contributed by atoms with Crippen LogP contribution in [0.5, 0.6) is 0 Å². The van der Waals surface area contributed by atoms with Crippen LogP contribution in [0.4, 0.5) is 0 Å². The minimum Gasteiger partial charge on any atom is -0.351 e. The monoisotopic (exact) mass is 390 g/mol. The number of thiazole rings is 1. The Balaban J connectivity index is 0.00000288. The second kappa shape index (κ2) is 10.0. The number of carbonyl (C=O) groups is 1. The lowest BCUT2D eigenvalue weighted by Crippen LogP contribution is -2.41. The van der Waals surface area contributed by atoms with Gasteiger partial charge in [0.2, 0.25) is 5.91 Å². The van der Waals surface area contributed by atoms with E-state index in [1.54, 1.807) is 6.20 Å². The van der Waals surface area contributed by atoms with Crippen molar-refractivity contribution in [2.45, 2.75) is 32.1 Å². The Bertz CT molecular complexity index is 717. The molecule has 9 heteroatoms. The molecule has 0 saturated heterocycles. The van der Waals surface area contributed by atoms with Crippen LogP contribution in [0, 0.1) is 5.92 Å². The third-order valence-corrected chi connectivity index (χ3v) is 4.97. The van der Waals surface area contributed by atoms with Crippen molar-refractivity contribution in [3.05, 3.63) is 33.7 Å². The predicted molar refractivity (Wildman–Crippen MR) is 103 cm³/mol. The minimum absolute atomic E-state index is 0. The second-order valence-corrected chi connectivity index (χ2v) is 7.62. The lowest BCUT2D eigenvalue weighted by Gasteiger charge is -2.18. The fourth-order valence-corrected chi connectivity index (χ4v) is 3.73. The highest BCUT2D eigenvalue weighted by atomic mass is 35.5. The van der Waals surface area contributed by atoms with Gasteiger partial charge in [0.15, 0.2) is 4.96 Å². The number of fused-ring (bicyclic) bond motifs is 1. The van der Waals surface area contributed by atoms with Gasteiger partial charge in [0.1, 0.15) is 0 Å². The number of aromatic nitrogens is 2. The first-order valence-corrected chi connectivity index (χ1v) is 9.56. The summed E-state index contributed by atoms with van der Waals surface area (Å²) in [7, 11) is 0. The summed E-state index contributed by atoms with van der Waals surface area (Å²) in [4.78, 5) is 28.9. The molecule has 1 atom stereocenters. The Kier molecular flexibility index (Phi) is 8.75. The molecule has 24 heavy (non-hydrogen) atoms. The van der Waals surface area contributed by atoms with Crippen molar-refractivity contribution < 1.29 is 4.79 Å². The average Bonchev–Trinajstić information content (AvgIpc) is 2.95. The lowest BCUT2D eigenvalue weighted by molar-refractivity contribution is -0.119. The number of rotatable bonds is 8. The molecule has 2 aromatic heterocycles. The van der Waals surface area contributed by atoms with Crippen molar-refractivity contribution in [3.8, 4) is 0 Å². The second-order valence-electron chi connectivity index (χ2n) is 5.76. The highest BCUT2D eigenvalue weighted by molar-refractivity contribution is 7.99. The first kappa shape index (κ1) is 21.0. The highest BCUT2D eigenvalue weighted by Crippen LogP contribution is 2.12. The topological polar surface area (TPSA) is 89.5 Å². The van der Waals surface area contributed by atoms with Crippen molar-refractivity contribution in [1.29, 1.82) is 0 Å². The quantitative estimate of drug-likeness (QED) is 0.718. The van der Waals surface area contributed by atoms with Gasteiger partial charge in [-0.1, -0.05) is 13.8 Å². The van der Waals surface area contributed by atoms with E-state index in [1.165, 1.54) is 33.6 Å². The zero-order valence-electron chi connectivity index (χ0n) is 13.7. The zero-order chi connectivity index (χ0) is 16.8. The highest BCUT2D eigenvalue weighted by Gasteiger charge is 2.12. The first-order chi connectivity index (χ1) is 11.0. The smallest absolute Gasteiger partial charge is 0.258 e. The van der Waals surface area contributed by atoms with E-state index in [2.05, 4.69) is 24.1 Å². The van der Waals surface area contributed by atoms with Crippen LogP contribution in [0.15, 0.2) is 22.4 Å². The largest absolute Gasteiger partial charge is 0.351 e. The van der Waals surface area contributed by atoms with Crippen LogP contribution in [0.25, 0.3) is 4.96 Å². The summed E-state index contributed by atoms with van der Waals surface area (Å²) >= 11 is 2.87. The number of amides is 1. The molecule has 0 aromatic carbocycles. The van der Waals surface area contributed by atoms with Crippen molar-refractivity contribution in [1.82, 2.24) is 14.7 Å². The van der Waals surface area contributed by atoms with Crippen molar-refractivity contribution in [2.24, 2.45) is 11.7 Å². The van der Waals surface area contributed by atoms with Gasteiger partial charge in [0.05, 0.1) is 11.4 Å². The van der Waals surface area contributed by atoms with E-state index in [-0.39, 0.29) is 29.9 Å². The third-order valence-electron chi connectivity index (χ3n) is 3.24. The number of hydrogen-bond acceptors (Lipinski definition) is 6. The molecular weight excluding hydrogens is 368 g/mol. The van der Waals surface area contributed by atoms with Gasteiger partial charge in [-0.2, -0.15) is 0 Å². The Labute approximate surface area is 155 Å². The molecule has 0 saturated carbocycles. The Morgan fingerprint density at radius 3 is 2.92 bits per heavy atom. The van der Waals surface area contributed by atoms with Crippen LogP contribution in [-0.4, -0.2) is 33.6 Å². The molecule has 6 nitrogen and oxygen atoms in total. The minimum atomic E-state index is -0.0866. The molecule has 1 amide bonds. The van der Waals surface area contributed by atoms with Gasteiger partial charge < -0.3 is 11.1 Å². The van der Waals surface area contributed by atoms with Crippen LogP contribution >= 0.6 is 35.5 Å². The van der Waals surface area contributed by atoms with E-state index in [4.69, 9.17) is 5.73 Å². The van der Waals surface area contributed by atoms with E-state index >= 15 is 0 Å². The molecule has 1 unspecified atom stereocenters. The summed E-state index contributed by atoms with van der Waals surface area (Å²) in [5.74, 6) is 1.33. The fraction of sp³-hybridized carbons (Fsp3) is 0.533. The summed E-state index contributed by atoms with van der Waals surface area (Å²) < 4.78 is 1.52. The number of nitrogens with zero attached hydrogens (tertiary/aromatic N) is 2. The van der Waals surface area contributed by atoms with Crippen LogP contribution < -0.4 is 16.6 Å². The van der Waals surface area contributed by atoms with Gasteiger partial charge in [-0.15, -0.1) is 35.5 Å². The Morgan fingerprint density at radius 1 is 1.50 bits per heavy atom. The Hall–Kier alpha value is -1.09. The molecule has 0 aliphatic carbocycles. The number of halogens is 1. The number of hydrogen-bond donors (Lipinski definition) is 2. The van der Waals surface area contributed by atoms with Gasteiger partial charge in [-0.25, -0.2) is 4.98 Å². The molecule has 0 fully saturated rings. The fourth-order valence-electron chi connectivity index (χ4n) is 2.26. The maximum absolute atomic E-state index is 12.0. The van der Waals surface area contributed by atoms with E-state index in [9.17, 15) is 9.59 Å². The van der Waals surface area contributed by atoms with Gasteiger partial charge in [-0.3, -0.25) is 14.0 Å². The number of nitrogens with one attached hydrogen (secondary N) is 1. The summed E-state index contributed by atoms with van der Waals surface area (Å²) in [5.41, 5.74) is 6.30. The van der Waals surface area contributed by atoms with Crippen LogP contribution in [0.1, 0.15) is 26.0 Å². The normalized spacial score (nSPS) is 12.2. The molecule has 0 aliphatic rings. The SMILES string of the molecule is CC(C)CC(CN)NC(=O)CSCc1cc(=O)n2ccsc2n1.Cl. The molecule has 0 radical (unpaired) electrons. The molecule has 0 aliphatic heterocycles. The van der Waals surface area contributed by atoms with Gasteiger partial charge in [0.25, 0.3) is 5.56 Å².